The predicted molar refractivity (Wildman–Crippen MR) is 57.9 cm³/mol. The minimum absolute atomic E-state index is 0.0988. The summed E-state index contributed by atoms with van der Waals surface area (Å²) in [5.41, 5.74) is 0.140. The number of nitrogens with zero attached hydrogens (tertiary/aromatic N) is 2. The number of nitro groups is 1. The van der Waals surface area contributed by atoms with Crippen LogP contribution in [0.5, 0.6) is 5.75 Å². The highest BCUT2D eigenvalue weighted by Crippen LogP contribution is 2.29. The summed E-state index contributed by atoms with van der Waals surface area (Å²) in [6, 6.07) is 1.12. The second kappa shape index (κ2) is 4.36. The highest BCUT2D eigenvalue weighted by molar-refractivity contribution is 5.97. The summed E-state index contributed by atoms with van der Waals surface area (Å²) in [6.45, 7) is 0. The summed E-state index contributed by atoms with van der Waals surface area (Å²) in [5.74, 6) is -0.504. The van der Waals surface area contributed by atoms with Crippen molar-refractivity contribution < 1.29 is 14.5 Å². The fourth-order valence-electron chi connectivity index (χ4n) is 1.30. The average Bonchev–Trinajstić information content (AvgIpc) is 3.12. The number of nitrogens with one attached hydrogen (secondary N) is 1. The van der Waals surface area contributed by atoms with Crippen molar-refractivity contribution in [1.29, 1.82) is 0 Å². The third kappa shape index (κ3) is 2.49. The standard InChI is InChI=1S/C10H11N3O4/c1-11-10(14)7-4-9(13(15)16)12-5-8(7)17-6-2-3-6/h4-6H,2-3H2,1H3,(H,11,14). The first kappa shape index (κ1) is 11.3. The maximum Gasteiger partial charge on any atom is 0.364 e. The summed E-state index contributed by atoms with van der Waals surface area (Å²) < 4.78 is 5.47. The zero-order chi connectivity index (χ0) is 12.4. The van der Waals surface area contributed by atoms with Gasteiger partial charge in [0.15, 0.2) is 11.9 Å². The van der Waals surface area contributed by atoms with E-state index in [9.17, 15) is 14.9 Å². The fraction of sp³-hybridized carbons (Fsp3) is 0.400. The first-order valence-corrected chi connectivity index (χ1v) is 5.15. The van der Waals surface area contributed by atoms with Crippen LogP contribution in [-0.2, 0) is 0 Å². The lowest BCUT2D eigenvalue weighted by Crippen LogP contribution is -2.19. The van der Waals surface area contributed by atoms with Gasteiger partial charge in [0, 0.05) is 7.05 Å². The van der Waals surface area contributed by atoms with E-state index < -0.39 is 10.8 Å². The van der Waals surface area contributed by atoms with Gasteiger partial charge < -0.3 is 20.2 Å². The summed E-state index contributed by atoms with van der Waals surface area (Å²) in [4.78, 5) is 25.1. The molecule has 1 aliphatic rings. The molecule has 0 radical (unpaired) electrons. The Morgan fingerprint density at radius 2 is 2.35 bits per heavy atom. The molecule has 0 bridgehead atoms. The van der Waals surface area contributed by atoms with Crippen LogP contribution >= 0.6 is 0 Å². The Kier molecular flexibility index (Phi) is 2.90. The van der Waals surface area contributed by atoms with E-state index in [1.54, 1.807) is 0 Å². The van der Waals surface area contributed by atoms with Crippen LogP contribution in [0.25, 0.3) is 0 Å². The molecule has 7 nitrogen and oxygen atoms in total. The summed E-state index contributed by atoms with van der Waals surface area (Å²) in [7, 11) is 1.45. The van der Waals surface area contributed by atoms with E-state index in [-0.39, 0.29) is 23.2 Å². The molecule has 90 valence electrons. The first-order valence-electron chi connectivity index (χ1n) is 5.15. The molecule has 1 amide bonds. The van der Waals surface area contributed by atoms with Crippen LogP contribution in [0.1, 0.15) is 23.2 Å². The molecule has 0 atom stereocenters. The molecule has 7 heteroatoms. The van der Waals surface area contributed by atoms with E-state index in [1.807, 2.05) is 0 Å². The maximum absolute atomic E-state index is 11.6. The van der Waals surface area contributed by atoms with Crippen LogP contribution in [0.4, 0.5) is 5.82 Å². The highest BCUT2D eigenvalue weighted by atomic mass is 16.6. The third-order valence-electron chi connectivity index (χ3n) is 2.33. The van der Waals surface area contributed by atoms with Gasteiger partial charge in [-0.25, -0.2) is 0 Å². The Morgan fingerprint density at radius 3 is 2.88 bits per heavy atom. The summed E-state index contributed by atoms with van der Waals surface area (Å²) in [6.07, 6.45) is 3.19. The van der Waals surface area contributed by atoms with Crippen LogP contribution in [-0.4, -0.2) is 29.0 Å². The monoisotopic (exact) mass is 237 g/mol. The largest absolute Gasteiger partial charge is 0.486 e. The van der Waals surface area contributed by atoms with Crippen LogP contribution in [0.2, 0.25) is 0 Å². The lowest BCUT2D eigenvalue weighted by molar-refractivity contribution is -0.389. The number of carbonyl (C=O) groups is 1. The smallest absolute Gasteiger partial charge is 0.364 e. The Bertz CT molecular complexity index is 471. The Labute approximate surface area is 96.9 Å². The van der Waals surface area contributed by atoms with Crippen LogP contribution in [0, 0.1) is 10.1 Å². The summed E-state index contributed by atoms with van der Waals surface area (Å²) >= 11 is 0. The number of amides is 1. The van der Waals surface area contributed by atoms with Gasteiger partial charge in [-0.1, -0.05) is 0 Å². The topological polar surface area (TPSA) is 94.4 Å². The molecule has 1 fully saturated rings. The number of carbonyl (C=O) groups excluding carboxylic acids is 1. The van der Waals surface area contributed by atoms with E-state index in [4.69, 9.17) is 4.74 Å². The van der Waals surface area contributed by atoms with E-state index >= 15 is 0 Å². The minimum atomic E-state index is -0.645. The van der Waals surface area contributed by atoms with Crippen LogP contribution < -0.4 is 10.1 Å². The molecule has 0 unspecified atom stereocenters. The molecule has 1 aromatic rings. The molecule has 2 rings (SSSR count). The number of ether oxygens (including phenoxy) is 1. The second-order valence-corrected chi connectivity index (χ2v) is 3.69. The molecule has 1 aliphatic carbocycles. The SMILES string of the molecule is CNC(=O)c1cc([N+](=O)[O-])ncc1OC1CC1. The number of aromatic nitrogens is 1. The van der Waals surface area contributed by atoms with Crippen LogP contribution in [0.3, 0.4) is 0 Å². The van der Waals surface area contributed by atoms with E-state index in [0.29, 0.717) is 0 Å². The van der Waals surface area contributed by atoms with E-state index in [2.05, 4.69) is 10.3 Å². The number of pyridine rings is 1. The van der Waals surface area contributed by atoms with Crippen molar-refractivity contribution in [2.45, 2.75) is 18.9 Å². The molecule has 1 heterocycles. The number of rotatable bonds is 4. The van der Waals surface area contributed by atoms with Crippen molar-refractivity contribution >= 4 is 11.7 Å². The quantitative estimate of drug-likeness (QED) is 0.619. The van der Waals surface area contributed by atoms with Gasteiger partial charge in [-0.15, -0.1) is 0 Å². The fourth-order valence-corrected chi connectivity index (χ4v) is 1.30. The molecular formula is C10H11N3O4. The molecule has 0 saturated heterocycles. The lowest BCUT2D eigenvalue weighted by atomic mass is 10.2. The molecule has 0 aliphatic heterocycles. The van der Waals surface area contributed by atoms with Gasteiger partial charge in [-0.2, -0.15) is 0 Å². The van der Waals surface area contributed by atoms with E-state index in [0.717, 1.165) is 18.9 Å². The number of hydrogen-bond donors (Lipinski definition) is 1. The van der Waals surface area contributed by atoms with Gasteiger partial charge in [0.05, 0.1) is 17.7 Å². The molecule has 0 spiro atoms. The molecule has 17 heavy (non-hydrogen) atoms. The summed E-state index contributed by atoms with van der Waals surface area (Å²) in [5, 5.41) is 13.0. The Morgan fingerprint density at radius 1 is 1.65 bits per heavy atom. The Hall–Kier alpha value is -2.18. The van der Waals surface area contributed by atoms with Gasteiger partial charge in [0.25, 0.3) is 5.91 Å². The average molecular weight is 237 g/mol. The molecule has 1 aromatic heterocycles. The zero-order valence-electron chi connectivity index (χ0n) is 9.17. The van der Waals surface area contributed by atoms with Crippen molar-refractivity contribution in [3.63, 3.8) is 0 Å². The van der Waals surface area contributed by atoms with Crippen LogP contribution in [0.15, 0.2) is 12.3 Å². The maximum atomic E-state index is 11.6. The van der Waals surface area contributed by atoms with Gasteiger partial charge >= 0.3 is 5.82 Å². The predicted octanol–water partition coefficient (Wildman–Crippen LogP) is 0.891. The second-order valence-electron chi connectivity index (χ2n) is 3.69. The third-order valence-corrected chi connectivity index (χ3v) is 2.33. The van der Waals surface area contributed by atoms with Gasteiger partial charge in [-0.3, -0.25) is 4.79 Å². The van der Waals surface area contributed by atoms with Gasteiger partial charge in [-0.05, 0) is 22.7 Å². The van der Waals surface area contributed by atoms with Gasteiger partial charge in [0.2, 0.25) is 0 Å². The number of hydrogen-bond acceptors (Lipinski definition) is 5. The lowest BCUT2D eigenvalue weighted by Gasteiger charge is -2.07. The molecular weight excluding hydrogens is 226 g/mol. The molecule has 0 aromatic carbocycles. The zero-order valence-corrected chi connectivity index (χ0v) is 9.17. The van der Waals surface area contributed by atoms with Crippen molar-refractivity contribution in [3.8, 4) is 5.75 Å². The van der Waals surface area contributed by atoms with Crippen molar-refractivity contribution in [3.05, 3.63) is 27.9 Å². The highest BCUT2D eigenvalue weighted by Gasteiger charge is 2.27. The van der Waals surface area contributed by atoms with Gasteiger partial charge in [0.1, 0.15) is 0 Å². The van der Waals surface area contributed by atoms with Crippen molar-refractivity contribution in [1.82, 2.24) is 10.3 Å². The molecule has 1 N–H and O–H groups in total. The first-order chi connectivity index (χ1) is 8.11. The molecule has 1 saturated carbocycles. The van der Waals surface area contributed by atoms with Crippen molar-refractivity contribution in [2.24, 2.45) is 0 Å². The van der Waals surface area contributed by atoms with Crippen molar-refractivity contribution in [2.75, 3.05) is 7.05 Å². The van der Waals surface area contributed by atoms with E-state index in [1.165, 1.54) is 13.2 Å². The normalized spacial score (nSPS) is 14.2. The Balaban J connectivity index is 2.35. The minimum Gasteiger partial charge on any atom is -0.486 e.